The first-order valence-corrected chi connectivity index (χ1v) is 11.4. The Bertz CT molecular complexity index is 1090. The molecular weight excluding hydrogens is 469 g/mol. The molecule has 5 rings (SSSR count). The molecule has 1 aromatic carbocycles. The molecule has 4 aliphatic heterocycles. The molecular formula is C23H25F3N4O5. The molecule has 4 aliphatic rings. The van der Waals surface area contributed by atoms with Gasteiger partial charge in [0.15, 0.2) is 5.79 Å². The van der Waals surface area contributed by atoms with Gasteiger partial charge in [0, 0.05) is 33.0 Å². The van der Waals surface area contributed by atoms with E-state index in [-0.39, 0.29) is 30.1 Å². The van der Waals surface area contributed by atoms with Crippen LogP contribution in [0.15, 0.2) is 35.5 Å². The molecule has 2 saturated heterocycles. The van der Waals surface area contributed by atoms with E-state index in [2.05, 4.69) is 5.32 Å². The molecule has 0 aromatic heterocycles. The largest absolute Gasteiger partial charge is 0.416 e. The number of benzene rings is 1. The van der Waals surface area contributed by atoms with E-state index >= 15 is 0 Å². The Morgan fingerprint density at radius 1 is 1.14 bits per heavy atom. The zero-order valence-corrected chi connectivity index (χ0v) is 19.1. The number of ether oxygens (including phenoxy) is 2. The molecule has 188 valence electrons. The van der Waals surface area contributed by atoms with Gasteiger partial charge in [0.05, 0.1) is 42.6 Å². The van der Waals surface area contributed by atoms with Gasteiger partial charge >= 0.3 is 12.2 Å². The zero-order valence-electron chi connectivity index (χ0n) is 19.1. The van der Waals surface area contributed by atoms with E-state index in [1.54, 1.807) is 4.90 Å². The molecule has 1 unspecified atom stereocenters. The van der Waals surface area contributed by atoms with Crippen molar-refractivity contribution in [2.24, 2.45) is 0 Å². The topological polar surface area (TPSA) is 91.4 Å². The quantitative estimate of drug-likeness (QED) is 0.693. The SMILES string of the molecule is CN1C(=O)NC(c2ccccc2C(F)(F)F)C2=C1CN(CC(=O)N1CCC3(CC1)OCCO3)C2=O. The van der Waals surface area contributed by atoms with E-state index in [1.165, 1.54) is 35.0 Å². The predicted octanol–water partition coefficient (Wildman–Crippen LogP) is 1.86. The minimum absolute atomic E-state index is 0.0431. The third-order valence-electron chi connectivity index (χ3n) is 7.03. The number of rotatable bonds is 3. The first-order chi connectivity index (χ1) is 16.6. The lowest BCUT2D eigenvalue weighted by Crippen LogP contribution is -2.50. The highest BCUT2D eigenvalue weighted by Crippen LogP contribution is 2.41. The molecule has 0 bridgehead atoms. The number of amides is 4. The normalized spacial score (nSPS) is 24.3. The summed E-state index contributed by atoms with van der Waals surface area (Å²) in [6, 6.07) is 2.96. The van der Waals surface area contributed by atoms with E-state index in [0.717, 1.165) is 6.07 Å². The van der Waals surface area contributed by atoms with Crippen LogP contribution in [0, 0.1) is 0 Å². The number of hydrogen-bond acceptors (Lipinski definition) is 5. The molecule has 35 heavy (non-hydrogen) atoms. The first-order valence-electron chi connectivity index (χ1n) is 11.4. The third-order valence-corrected chi connectivity index (χ3v) is 7.03. The van der Waals surface area contributed by atoms with Crippen molar-refractivity contribution in [3.8, 4) is 0 Å². The van der Waals surface area contributed by atoms with Gasteiger partial charge in [-0.05, 0) is 11.6 Å². The minimum atomic E-state index is -4.67. The fourth-order valence-electron chi connectivity index (χ4n) is 5.14. The molecule has 0 radical (unpaired) electrons. The van der Waals surface area contributed by atoms with Gasteiger partial charge in [-0.15, -0.1) is 0 Å². The van der Waals surface area contributed by atoms with Crippen LogP contribution >= 0.6 is 0 Å². The fraction of sp³-hybridized carbons (Fsp3) is 0.522. The summed E-state index contributed by atoms with van der Waals surface area (Å²) in [5, 5.41) is 2.52. The Balaban J connectivity index is 1.35. The monoisotopic (exact) mass is 494 g/mol. The zero-order chi connectivity index (χ0) is 25.0. The van der Waals surface area contributed by atoms with Crippen molar-refractivity contribution in [1.82, 2.24) is 20.0 Å². The van der Waals surface area contributed by atoms with E-state index < -0.39 is 35.5 Å². The van der Waals surface area contributed by atoms with E-state index in [9.17, 15) is 27.6 Å². The Labute approximate surface area is 199 Å². The van der Waals surface area contributed by atoms with E-state index in [0.29, 0.717) is 44.8 Å². The molecule has 4 heterocycles. The van der Waals surface area contributed by atoms with Crippen LogP contribution in [0.2, 0.25) is 0 Å². The average Bonchev–Trinajstić information content (AvgIpc) is 3.41. The summed E-state index contributed by atoms with van der Waals surface area (Å²) < 4.78 is 52.4. The Hall–Kier alpha value is -3.12. The smallest absolute Gasteiger partial charge is 0.347 e. The second-order valence-electron chi connectivity index (χ2n) is 9.04. The van der Waals surface area contributed by atoms with Crippen molar-refractivity contribution in [3.63, 3.8) is 0 Å². The number of nitrogens with one attached hydrogen (secondary N) is 1. The molecule has 1 spiro atoms. The third kappa shape index (κ3) is 4.14. The number of carbonyl (C=O) groups is 3. The van der Waals surface area contributed by atoms with Crippen LogP contribution < -0.4 is 5.32 Å². The summed E-state index contributed by atoms with van der Waals surface area (Å²) in [7, 11) is 1.45. The lowest BCUT2D eigenvalue weighted by atomic mass is 9.92. The van der Waals surface area contributed by atoms with Crippen LogP contribution in [0.5, 0.6) is 0 Å². The number of piperidine rings is 1. The molecule has 9 nitrogen and oxygen atoms in total. The number of likely N-dealkylation sites (tertiary alicyclic amines) is 1. The van der Waals surface area contributed by atoms with Crippen molar-refractivity contribution in [1.29, 1.82) is 0 Å². The highest BCUT2D eigenvalue weighted by molar-refractivity contribution is 6.03. The lowest BCUT2D eigenvalue weighted by molar-refractivity contribution is -0.187. The molecule has 4 amide bonds. The number of likely N-dealkylation sites (N-methyl/N-ethyl adjacent to an activating group) is 1. The van der Waals surface area contributed by atoms with Crippen molar-refractivity contribution in [2.75, 3.05) is 46.4 Å². The summed E-state index contributed by atoms with van der Waals surface area (Å²) in [6.07, 6.45) is -3.61. The second kappa shape index (κ2) is 8.52. The van der Waals surface area contributed by atoms with E-state index in [4.69, 9.17) is 9.47 Å². The minimum Gasteiger partial charge on any atom is -0.347 e. The summed E-state index contributed by atoms with van der Waals surface area (Å²) in [4.78, 5) is 43.0. The van der Waals surface area contributed by atoms with Crippen molar-refractivity contribution in [2.45, 2.75) is 30.8 Å². The Morgan fingerprint density at radius 3 is 2.46 bits per heavy atom. The van der Waals surface area contributed by atoms with Crippen LogP contribution in [-0.2, 0) is 25.2 Å². The van der Waals surface area contributed by atoms with Gasteiger partial charge in [-0.1, -0.05) is 18.2 Å². The van der Waals surface area contributed by atoms with Gasteiger partial charge in [-0.25, -0.2) is 4.79 Å². The van der Waals surface area contributed by atoms with Gasteiger partial charge in [-0.3, -0.25) is 14.5 Å². The molecule has 1 aromatic rings. The van der Waals surface area contributed by atoms with Crippen molar-refractivity contribution in [3.05, 3.63) is 46.7 Å². The maximum Gasteiger partial charge on any atom is 0.416 e. The highest BCUT2D eigenvalue weighted by atomic mass is 19.4. The van der Waals surface area contributed by atoms with Crippen LogP contribution in [0.25, 0.3) is 0 Å². The molecule has 0 aliphatic carbocycles. The van der Waals surface area contributed by atoms with Crippen molar-refractivity contribution >= 4 is 17.8 Å². The maximum absolute atomic E-state index is 13.7. The standard InChI is InChI=1S/C23H25F3N4O5/c1-28-16-12-30(13-17(31)29-8-6-22(7-9-29)34-10-11-35-22)20(32)18(16)19(27-21(28)33)14-4-2-3-5-15(14)23(24,25)26/h2-5,19H,6-13H2,1H3,(H,27,33). The number of halogens is 3. The number of carbonyl (C=O) groups excluding carboxylic acids is 3. The molecule has 12 heteroatoms. The van der Waals surface area contributed by atoms with Gasteiger partial charge in [-0.2, -0.15) is 13.2 Å². The van der Waals surface area contributed by atoms with Gasteiger partial charge in [0.2, 0.25) is 5.91 Å². The van der Waals surface area contributed by atoms with Gasteiger partial charge in [0.25, 0.3) is 5.91 Å². The van der Waals surface area contributed by atoms with Crippen LogP contribution in [0.3, 0.4) is 0 Å². The first kappa shape index (κ1) is 23.6. The van der Waals surface area contributed by atoms with Crippen molar-refractivity contribution < 1.29 is 37.0 Å². The van der Waals surface area contributed by atoms with Gasteiger partial charge in [0.1, 0.15) is 6.54 Å². The van der Waals surface area contributed by atoms with Crippen LogP contribution in [0.1, 0.15) is 30.0 Å². The second-order valence-corrected chi connectivity index (χ2v) is 9.04. The average molecular weight is 494 g/mol. The maximum atomic E-state index is 13.7. The molecule has 1 atom stereocenters. The summed E-state index contributed by atoms with van der Waals surface area (Å²) in [5.74, 6) is -1.49. The number of urea groups is 1. The Morgan fingerprint density at radius 2 is 1.80 bits per heavy atom. The number of alkyl halides is 3. The van der Waals surface area contributed by atoms with E-state index in [1.807, 2.05) is 0 Å². The Kier molecular flexibility index (Phi) is 5.75. The predicted molar refractivity (Wildman–Crippen MR) is 115 cm³/mol. The highest BCUT2D eigenvalue weighted by Gasteiger charge is 2.47. The lowest BCUT2D eigenvalue weighted by Gasteiger charge is -2.38. The molecule has 1 N–H and O–H groups in total. The molecule has 0 saturated carbocycles. The van der Waals surface area contributed by atoms with Gasteiger partial charge < -0.3 is 24.6 Å². The number of nitrogens with zero attached hydrogens (tertiary/aromatic N) is 3. The summed E-state index contributed by atoms with van der Waals surface area (Å²) in [6.45, 7) is 1.58. The van der Waals surface area contributed by atoms with Crippen LogP contribution in [0.4, 0.5) is 18.0 Å². The summed E-state index contributed by atoms with van der Waals surface area (Å²) in [5.41, 5.74) is -0.808. The fourth-order valence-corrected chi connectivity index (χ4v) is 5.14. The van der Waals surface area contributed by atoms with Crippen LogP contribution in [-0.4, -0.2) is 84.8 Å². The summed E-state index contributed by atoms with van der Waals surface area (Å²) >= 11 is 0. The molecule has 2 fully saturated rings. The number of hydrogen-bond donors (Lipinski definition) is 1.